The molecule has 2 aromatic rings. The van der Waals surface area contributed by atoms with Crippen LogP contribution >= 0.6 is 0 Å². The molecule has 2 N–H and O–H groups in total. The Morgan fingerprint density at radius 1 is 1.21 bits per heavy atom. The number of aromatic nitrogens is 2. The maximum atomic E-state index is 13.0. The van der Waals surface area contributed by atoms with Crippen LogP contribution in [-0.2, 0) is 12.8 Å². The van der Waals surface area contributed by atoms with Crippen molar-refractivity contribution in [3.8, 4) is 0 Å². The van der Waals surface area contributed by atoms with Crippen molar-refractivity contribution in [1.29, 1.82) is 0 Å². The number of likely N-dealkylation sites (tertiary alicyclic amines) is 1. The van der Waals surface area contributed by atoms with Crippen LogP contribution in [0.3, 0.4) is 0 Å². The fourth-order valence-electron chi connectivity index (χ4n) is 4.00. The van der Waals surface area contributed by atoms with Crippen molar-refractivity contribution in [2.24, 2.45) is 0 Å². The molecule has 1 aromatic carbocycles. The standard InChI is InChI=1S/C19H24FN3O/c20-14-9-7-13(8-10-14)18(24)12-23-11-3-6-17(23)19-21-15-4-1-2-5-16(15)22-19/h7-10,17-18,24H,1-6,11-12H2,(H,21,22)/t17-,18+/m1/s1. The summed E-state index contributed by atoms with van der Waals surface area (Å²) in [4.78, 5) is 10.7. The smallest absolute Gasteiger partial charge is 0.124 e. The van der Waals surface area contributed by atoms with Crippen LogP contribution in [0, 0.1) is 5.82 Å². The highest BCUT2D eigenvalue weighted by Crippen LogP contribution is 2.33. The molecule has 1 aliphatic carbocycles. The molecular formula is C19H24FN3O. The molecule has 0 amide bonds. The van der Waals surface area contributed by atoms with Crippen LogP contribution in [0.5, 0.6) is 0 Å². The number of H-pyrrole nitrogens is 1. The van der Waals surface area contributed by atoms with Crippen molar-refractivity contribution in [3.05, 3.63) is 52.9 Å². The average molecular weight is 329 g/mol. The third-order valence-electron chi connectivity index (χ3n) is 5.31. The van der Waals surface area contributed by atoms with Crippen molar-refractivity contribution in [2.75, 3.05) is 13.1 Å². The number of nitrogens with zero attached hydrogens (tertiary/aromatic N) is 2. The summed E-state index contributed by atoms with van der Waals surface area (Å²) < 4.78 is 13.0. The second-order valence-electron chi connectivity index (χ2n) is 6.97. The van der Waals surface area contributed by atoms with Gasteiger partial charge in [-0.1, -0.05) is 12.1 Å². The highest BCUT2D eigenvalue weighted by Gasteiger charge is 2.31. The highest BCUT2D eigenvalue weighted by atomic mass is 19.1. The predicted molar refractivity (Wildman–Crippen MR) is 90.1 cm³/mol. The number of benzene rings is 1. The molecule has 2 atom stereocenters. The average Bonchev–Trinajstić information content (AvgIpc) is 3.21. The van der Waals surface area contributed by atoms with Gasteiger partial charge in [0, 0.05) is 12.2 Å². The first-order chi connectivity index (χ1) is 11.7. The zero-order chi connectivity index (χ0) is 16.5. The van der Waals surface area contributed by atoms with Gasteiger partial charge in [-0.25, -0.2) is 9.37 Å². The number of hydrogen-bond donors (Lipinski definition) is 2. The molecule has 1 fully saturated rings. The zero-order valence-electron chi connectivity index (χ0n) is 13.8. The Balaban J connectivity index is 1.48. The van der Waals surface area contributed by atoms with E-state index in [1.165, 1.54) is 36.4 Å². The lowest BCUT2D eigenvalue weighted by atomic mass is 10.0. The Morgan fingerprint density at radius 2 is 2.00 bits per heavy atom. The van der Waals surface area contributed by atoms with E-state index in [1.54, 1.807) is 12.1 Å². The number of aliphatic hydroxyl groups is 1. The number of imidazole rings is 1. The lowest BCUT2D eigenvalue weighted by Crippen LogP contribution is -2.29. The van der Waals surface area contributed by atoms with Gasteiger partial charge in [0.05, 0.1) is 17.8 Å². The van der Waals surface area contributed by atoms with Gasteiger partial charge in [-0.2, -0.15) is 0 Å². The first kappa shape index (κ1) is 15.8. The van der Waals surface area contributed by atoms with Gasteiger partial charge < -0.3 is 10.1 Å². The van der Waals surface area contributed by atoms with Crippen molar-refractivity contribution in [3.63, 3.8) is 0 Å². The Hall–Kier alpha value is -1.72. The summed E-state index contributed by atoms with van der Waals surface area (Å²) in [5, 5.41) is 10.5. The Bertz CT molecular complexity index is 674. The largest absolute Gasteiger partial charge is 0.387 e. The second-order valence-corrected chi connectivity index (χ2v) is 6.97. The van der Waals surface area contributed by atoms with Crippen LogP contribution in [0.15, 0.2) is 24.3 Å². The molecule has 0 saturated carbocycles. The van der Waals surface area contributed by atoms with E-state index in [1.807, 2.05) is 0 Å². The third-order valence-corrected chi connectivity index (χ3v) is 5.31. The van der Waals surface area contributed by atoms with Crippen LogP contribution in [-0.4, -0.2) is 33.1 Å². The van der Waals surface area contributed by atoms with Gasteiger partial charge in [0.2, 0.25) is 0 Å². The normalized spacial score (nSPS) is 22.5. The number of halogens is 1. The number of aromatic amines is 1. The SMILES string of the molecule is O[C@@H](CN1CCC[C@@H]1c1nc2c([nH]1)CCCC2)c1ccc(F)cc1. The highest BCUT2D eigenvalue weighted by molar-refractivity contribution is 5.21. The fourth-order valence-corrected chi connectivity index (χ4v) is 4.00. The van der Waals surface area contributed by atoms with Gasteiger partial charge in [0.15, 0.2) is 0 Å². The minimum absolute atomic E-state index is 0.255. The number of fused-ring (bicyclic) bond motifs is 1. The minimum Gasteiger partial charge on any atom is -0.387 e. The van der Waals surface area contributed by atoms with Crippen molar-refractivity contribution < 1.29 is 9.50 Å². The van der Waals surface area contributed by atoms with E-state index < -0.39 is 6.10 Å². The molecule has 0 spiro atoms. The van der Waals surface area contributed by atoms with Crippen molar-refractivity contribution in [1.82, 2.24) is 14.9 Å². The lowest BCUT2D eigenvalue weighted by molar-refractivity contribution is 0.104. The first-order valence-corrected chi connectivity index (χ1v) is 8.96. The molecule has 1 saturated heterocycles. The van der Waals surface area contributed by atoms with Crippen LogP contribution in [0.25, 0.3) is 0 Å². The summed E-state index contributed by atoms with van der Waals surface area (Å²) in [5.41, 5.74) is 3.31. The predicted octanol–water partition coefficient (Wildman–Crippen LogP) is 3.30. The van der Waals surface area contributed by atoms with E-state index in [4.69, 9.17) is 4.98 Å². The van der Waals surface area contributed by atoms with E-state index >= 15 is 0 Å². The molecule has 0 bridgehead atoms. The van der Waals surface area contributed by atoms with Crippen molar-refractivity contribution >= 4 is 0 Å². The van der Waals surface area contributed by atoms with Gasteiger partial charge >= 0.3 is 0 Å². The van der Waals surface area contributed by atoms with E-state index in [0.717, 1.165) is 43.6 Å². The van der Waals surface area contributed by atoms with Crippen LogP contribution in [0.4, 0.5) is 4.39 Å². The van der Waals surface area contributed by atoms with E-state index in [9.17, 15) is 9.50 Å². The molecule has 0 unspecified atom stereocenters. The van der Waals surface area contributed by atoms with Gasteiger partial charge in [0.25, 0.3) is 0 Å². The van der Waals surface area contributed by atoms with Crippen LogP contribution in [0.2, 0.25) is 0 Å². The number of hydrogen-bond acceptors (Lipinski definition) is 3. The summed E-state index contributed by atoms with van der Waals surface area (Å²) in [5.74, 6) is 0.789. The fraction of sp³-hybridized carbons (Fsp3) is 0.526. The maximum absolute atomic E-state index is 13.0. The monoisotopic (exact) mass is 329 g/mol. The summed E-state index contributed by atoms with van der Waals surface area (Å²) in [6, 6.07) is 6.39. The molecule has 1 aromatic heterocycles. The summed E-state index contributed by atoms with van der Waals surface area (Å²) >= 11 is 0. The van der Waals surface area contributed by atoms with E-state index in [2.05, 4.69) is 9.88 Å². The summed E-state index contributed by atoms with van der Waals surface area (Å²) in [6.45, 7) is 1.52. The minimum atomic E-state index is -0.601. The molecule has 1 aliphatic heterocycles. The molecule has 4 nitrogen and oxygen atoms in total. The van der Waals surface area contributed by atoms with Crippen LogP contribution in [0.1, 0.15) is 60.6 Å². The van der Waals surface area contributed by atoms with Crippen molar-refractivity contribution in [2.45, 2.75) is 50.7 Å². The molecule has 4 rings (SSSR count). The molecule has 2 heterocycles. The molecule has 128 valence electrons. The quantitative estimate of drug-likeness (QED) is 0.905. The zero-order valence-corrected chi connectivity index (χ0v) is 13.8. The molecule has 0 radical (unpaired) electrons. The molecular weight excluding hydrogens is 305 g/mol. The maximum Gasteiger partial charge on any atom is 0.124 e. The lowest BCUT2D eigenvalue weighted by Gasteiger charge is -2.25. The Morgan fingerprint density at radius 3 is 2.79 bits per heavy atom. The second kappa shape index (κ2) is 6.65. The number of aryl methyl sites for hydroxylation is 2. The summed E-state index contributed by atoms with van der Waals surface area (Å²) in [7, 11) is 0. The Kier molecular flexibility index (Phi) is 4.37. The number of β-amino-alcohol motifs (C(OH)–C–C–N with tert-alkyl or cyclic N) is 1. The summed E-state index contributed by atoms with van der Waals surface area (Å²) in [6.07, 6.45) is 6.25. The number of aliphatic hydroxyl groups excluding tert-OH is 1. The third kappa shape index (κ3) is 3.10. The topological polar surface area (TPSA) is 52.1 Å². The first-order valence-electron chi connectivity index (χ1n) is 8.96. The molecule has 24 heavy (non-hydrogen) atoms. The van der Waals surface area contributed by atoms with Crippen LogP contribution < -0.4 is 0 Å². The molecule has 2 aliphatic rings. The van der Waals surface area contributed by atoms with Gasteiger partial charge in [-0.05, 0) is 62.8 Å². The van der Waals surface area contributed by atoms with Gasteiger partial charge in [0.1, 0.15) is 11.6 Å². The molecule has 5 heteroatoms. The Labute approximate surface area is 141 Å². The van der Waals surface area contributed by atoms with Gasteiger partial charge in [-0.3, -0.25) is 4.90 Å². The number of rotatable bonds is 4. The van der Waals surface area contributed by atoms with E-state index in [-0.39, 0.29) is 11.9 Å². The van der Waals surface area contributed by atoms with Gasteiger partial charge in [-0.15, -0.1) is 0 Å². The van der Waals surface area contributed by atoms with E-state index in [0.29, 0.717) is 6.54 Å². The number of nitrogens with one attached hydrogen (secondary N) is 1.